The zero-order valence-corrected chi connectivity index (χ0v) is 17.6. The molecule has 0 radical (unpaired) electrons. The molecule has 0 saturated carbocycles. The highest BCUT2D eigenvalue weighted by Gasteiger charge is 2.30. The normalized spacial score (nSPS) is 22.4. The van der Waals surface area contributed by atoms with Crippen LogP contribution in [0, 0.1) is 5.92 Å². The zero-order valence-electron chi connectivity index (χ0n) is 17.6. The number of hydrogen-bond acceptors (Lipinski definition) is 6. The summed E-state index contributed by atoms with van der Waals surface area (Å²) in [6.45, 7) is 3.94. The Kier molecular flexibility index (Phi) is 10.3. The number of nitrogens with one attached hydrogen (secondary N) is 2. The molecule has 0 aromatic carbocycles. The van der Waals surface area contributed by atoms with Gasteiger partial charge in [-0.1, -0.05) is 0 Å². The van der Waals surface area contributed by atoms with E-state index in [9.17, 15) is 9.59 Å². The summed E-state index contributed by atoms with van der Waals surface area (Å²) in [7, 11) is 2.03. The highest BCUT2D eigenvalue weighted by molar-refractivity contribution is 5.79. The molecule has 2 amide bonds. The molecule has 0 bridgehead atoms. The van der Waals surface area contributed by atoms with Crippen LogP contribution in [0.5, 0.6) is 0 Å². The fraction of sp³-hybridized carbons (Fsp3) is 0.700. The van der Waals surface area contributed by atoms with Crippen LogP contribution in [0.4, 0.5) is 0 Å². The lowest BCUT2D eigenvalue weighted by Gasteiger charge is -2.31. The van der Waals surface area contributed by atoms with Gasteiger partial charge in [-0.15, -0.1) is 0 Å². The molecule has 2 saturated heterocycles. The third kappa shape index (κ3) is 8.11. The van der Waals surface area contributed by atoms with E-state index in [4.69, 9.17) is 14.6 Å². The molecular formula is C20H33N5O5. The lowest BCUT2D eigenvalue weighted by molar-refractivity contribution is -0.140. The molecule has 3 rings (SSSR count). The Morgan fingerprint density at radius 3 is 2.73 bits per heavy atom. The molecule has 2 atom stereocenters. The first-order chi connectivity index (χ1) is 14.5. The van der Waals surface area contributed by atoms with Crippen molar-refractivity contribution < 1.29 is 24.2 Å². The van der Waals surface area contributed by atoms with E-state index in [-0.39, 0.29) is 30.2 Å². The van der Waals surface area contributed by atoms with Crippen LogP contribution in [0.25, 0.3) is 0 Å². The summed E-state index contributed by atoms with van der Waals surface area (Å²) in [6, 6.07) is 0.110. The number of hydrogen-bond donors (Lipinski definition) is 3. The van der Waals surface area contributed by atoms with Gasteiger partial charge in [0.15, 0.2) is 0 Å². The highest BCUT2D eigenvalue weighted by atomic mass is 16.5. The number of H-pyrrole nitrogens is 1. The third-order valence-corrected chi connectivity index (χ3v) is 5.39. The Morgan fingerprint density at radius 1 is 1.33 bits per heavy atom. The van der Waals surface area contributed by atoms with Crippen LogP contribution in [0.1, 0.15) is 31.2 Å². The van der Waals surface area contributed by atoms with Crippen molar-refractivity contribution in [2.75, 3.05) is 46.4 Å². The molecule has 3 heterocycles. The third-order valence-electron chi connectivity index (χ3n) is 5.39. The number of carbonyl (C=O) groups excluding carboxylic acids is 2. The summed E-state index contributed by atoms with van der Waals surface area (Å²) in [4.78, 5) is 37.5. The van der Waals surface area contributed by atoms with Gasteiger partial charge in [-0.05, 0) is 38.3 Å². The molecule has 1 aromatic heterocycles. The SMILES string of the molecule is CN1C[C@@H](NC(=O)CCCc2cn[nH]c2)CC[C@@H](C(=O)N2CCOCC2)C1.O=CO. The fourth-order valence-electron chi connectivity index (χ4n) is 3.94. The summed E-state index contributed by atoms with van der Waals surface area (Å²) in [5.74, 6) is 0.336. The zero-order chi connectivity index (χ0) is 21.8. The van der Waals surface area contributed by atoms with Crippen molar-refractivity contribution in [2.24, 2.45) is 5.92 Å². The molecule has 3 N–H and O–H groups in total. The van der Waals surface area contributed by atoms with Crippen molar-refractivity contribution in [1.82, 2.24) is 25.3 Å². The predicted molar refractivity (Wildman–Crippen MR) is 110 cm³/mol. The number of ether oxygens (including phenoxy) is 1. The van der Waals surface area contributed by atoms with Crippen molar-refractivity contribution in [3.05, 3.63) is 18.0 Å². The van der Waals surface area contributed by atoms with Gasteiger partial charge in [0.05, 0.1) is 25.3 Å². The molecule has 10 heteroatoms. The Hall–Kier alpha value is -2.46. The molecule has 0 unspecified atom stereocenters. The van der Waals surface area contributed by atoms with E-state index in [1.165, 1.54) is 0 Å². The van der Waals surface area contributed by atoms with Crippen molar-refractivity contribution in [3.63, 3.8) is 0 Å². The maximum Gasteiger partial charge on any atom is 0.290 e. The number of rotatable bonds is 6. The van der Waals surface area contributed by atoms with Gasteiger partial charge >= 0.3 is 0 Å². The van der Waals surface area contributed by atoms with E-state index in [0.717, 1.165) is 44.3 Å². The minimum Gasteiger partial charge on any atom is -0.483 e. The minimum atomic E-state index is -0.250. The number of carbonyl (C=O) groups is 3. The maximum absolute atomic E-state index is 12.8. The maximum atomic E-state index is 12.8. The van der Waals surface area contributed by atoms with E-state index in [2.05, 4.69) is 20.4 Å². The van der Waals surface area contributed by atoms with Crippen molar-refractivity contribution in [1.29, 1.82) is 0 Å². The predicted octanol–water partition coefficient (Wildman–Crippen LogP) is 0.119. The lowest BCUT2D eigenvalue weighted by atomic mass is 10.00. The number of nitrogens with zero attached hydrogens (tertiary/aromatic N) is 3. The molecular weight excluding hydrogens is 390 g/mol. The largest absolute Gasteiger partial charge is 0.483 e. The molecule has 10 nitrogen and oxygen atoms in total. The number of carboxylic acid groups (broad SMARTS) is 1. The van der Waals surface area contributed by atoms with Crippen LogP contribution < -0.4 is 5.32 Å². The number of likely N-dealkylation sites (N-methyl/N-ethyl adjacent to an activating group) is 1. The molecule has 30 heavy (non-hydrogen) atoms. The van der Waals surface area contributed by atoms with Crippen LogP contribution in [0.15, 0.2) is 12.4 Å². The first kappa shape index (κ1) is 23.8. The molecule has 2 aliphatic heterocycles. The Morgan fingerprint density at radius 2 is 2.07 bits per heavy atom. The van der Waals surface area contributed by atoms with Crippen molar-refractivity contribution in [2.45, 2.75) is 38.1 Å². The molecule has 2 aliphatic rings. The van der Waals surface area contributed by atoms with E-state index >= 15 is 0 Å². The average Bonchev–Trinajstić information content (AvgIpc) is 3.18. The van der Waals surface area contributed by atoms with Crippen LogP contribution >= 0.6 is 0 Å². The second kappa shape index (κ2) is 13.0. The first-order valence-corrected chi connectivity index (χ1v) is 10.4. The summed E-state index contributed by atoms with van der Waals surface area (Å²) < 4.78 is 5.34. The number of aromatic nitrogens is 2. The van der Waals surface area contributed by atoms with Gasteiger partial charge in [0, 0.05) is 44.8 Å². The van der Waals surface area contributed by atoms with E-state index < -0.39 is 0 Å². The monoisotopic (exact) mass is 423 g/mol. The smallest absolute Gasteiger partial charge is 0.290 e. The molecule has 168 valence electrons. The Balaban J connectivity index is 0.00000101. The summed E-state index contributed by atoms with van der Waals surface area (Å²) in [5, 5.41) is 16.8. The van der Waals surface area contributed by atoms with Crippen LogP contribution in [-0.2, 0) is 25.5 Å². The van der Waals surface area contributed by atoms with Crippen LogP contribution in [0.3, 0.4) is 0 Å². The van der Waals surface area contributed by atoms with Crippen molar-refractivity contribution in [3.8, 4) is 0 Å². The van der Waals surface area contributed by atoms with Gasteiger partial charge < -0.3 is 25.0 Å². The fourth-order valence-corrected chi connectivity index (χ4v) is 3.94. The van der Waals surface area contributed by atoms with E-state index in [0.29, 0.717) is 32.7 Å². The van der Waals surface area contributed by atoms with Gasteiger partial charge in [-0.25, -0.2) is 0 Å². The number of aryl methyl sites for hydroxylation is 1. The first-order valence-electron chi connectivity index (χ1n) is 10.4. The lowest BCUT2D eigenvalue weighted by Crippen LogP contribution is -2.45. The van der Waals surface area contributed by atoms with Gasteiger partial charge in [0.2, 0.25) is 11.8 Å². The number of amides is 2. The van der Waals surface area contributed by atoms with Crippen molar-refractivity contribution >= 4 is 18.3 Å². The van der Waals surface area contributed by atoms with E-state index in [1.807, 2.05) is 18.1 Å². The number of morpholine rings is 1. The average molecular weight is 424 g/mol. The summed E-state index contributed by atoms with van der Waals surface area (Å²) in [6.07, 6.45) is 7.50. The van der Waals surface area contributed by atoms with E-state index in [1.54, 1.807) is 6.20 Å². The second-order valence-corrected chi connectivity index (χ2v) is 7.76. The van der Waals surface area contributed by atoms with Gasteiger partial charge in [-0.2, -0.15) is 5.10 Å². The molecule has 2 fully saturated rings. The standard InChI is InChI=1S/C19H31N5O3.CH2O2/c1-23-13-16(19(26)24-7-9-27-10-8-24)5-6-17(14-23)22-18(25)4-2-3-15-11-20-21-12-15;2-1-3/h11-12,16-17H,2-10,13-14H2,1H3,(H,20,21)(H,22,25);1H,(H,2,3)/t16-,17+;/m1./s1. The van der Waals surface area contributed by atoms with Crippen LogP contribution in [-0.4, -0.2) is 95.9 Å². The molecule has 1 aromatic rings. The Bertz CT molecular complexity index is 648. The second-order valence-electron chi connectivity index (χ2n) is 7.76. The Labute approximate surface area is 176 Å². The van der Waals surface area contributed by atoms with Crippen LogP contribution in [0.2, 0.25) is 0 Å². The summed E-state index contributed by atoms with van der Waals surface area (Å²) >= 11 is 0. The number of aromatic amines is 1. The van der Waals surface area contributed by atoms with Gasteiger partial charge in [-0.3, -0.25) is 19.5 Å². The minimum absolute atomic E-state index is 0.0103. The summed E-state index contributed by atoms with van der Waals surface area (Å²) in [5.41, 5.74) is 1.13. The highest BCUT2D eigenvalue weighted by Crippen LogP contribution is 2.19. The quantitative estimate of drug-likeness (QED) is 0.555. The van der Waals surface area contributed by atoms with Gasteiger partial charge in [0.1, 0.15) is 0 Å². The number of likely N-dealkylation sites (tertiary alicyclic amines) is 1. The molecule has 0 spiro atoms. The topological polar surface area (TPSA) is 128 Å². The van der Waals surface area contributed by atoms with Gasteiger partial charge in [0.25, 0.3) is 6.47 Å². The molecule has 0 aliphatic carbocycles.